The smallest absolute Gasteiger partial charge is 0.177 e. The Bertz CT molecular complexity index is 884. The molecule has 1 heterocycles. The molecule has 0 fully saturated rings. The first-order chi connectivity index (χ1) is 10.6. The van der Waals surface area contributed by atoms with Crippen LogP contribution in [-0.2, 0) is 26.1 Å². The van der Waals surface area contributed by atoms with Gasteiger partial charge in [0.25, 0.3) is 0 Å². The standard InChI is InChI=1S/C15H19NO5S2/c1-11(9-12-5-4-8-21-12)16-14-7-6-13(22(2,17)18)10-15(14)23(3,19)20/h4-8,10-11,16H,9H2,1-3H3. The van der Waals surface area contributed by atoms with Gasteiger partial charge in [0.05, 0.1) is 21.7 Å². The first-order valence-electron chi connectivity index (χ1n) is 6.90. The molecule has 1 atom stereocenters. The van der Waals surface area contributed by atoms with Gasteiger partial charge in [0.1, 0.15) is 5.76 Å². The zero-order valence-corrected chi connectivity index (χ0v) is 14.7. The third-order valence-corrected chi connectivity index (χ3v) is 5.52. The fourth-order valence-corrected chi connectivity index (χ4v) is 3.80. The van der Waals surface area contributed by atoms with E-state index in [1.165, 1.54) is 18.2 Å². The highest BCUT2D eigenvalue weighted by molar-refractivity contribution is 7.91. The van der Waals surface area contributed by atoms with Gasteiger partial charge in [0.2, 0.25) is 0 Å². The van der Waals surface area contributed by atoms with Gasteiger partial charge in [-0.2, -0.15) is 0 Å². The lowest BCUT2D eigenvalue weighted by atomic mass is 10.2. The maximum atomic E-state index is 12.0. The zero-order valence-electron chi connectivity index (χ0n) is 13.1. The second kappa shape index (κ2) is 6.37. The first-order valence-corrected chi connectivity index (χ1v) is 10.7. The number of nitrogens with one attached hydrogen (secondary N) is 1. The van der Waals surface area contributed by atoms with E-state index in [1.54, 1.807) is 12.3 Å². The van der Waals surface area contributed by atoms with Crippen LogP contribution in [0.2, 0.25) is 0 Å². The monoisotopic (exact) mass is 357 g/mol. The van der Waals surface area contributed by atoms with Crippen molar-refractivity contribution in [1.29, 1.82) is 0 Å². The summed E-state index contributed by atoms with van der Waals surface area (Å²) in [6.07, 6.45) is 4.24. The molecule has 2 rings (SSSR count). The maximum absolute atomic E-state index is 12.0. The van der Waals surface area contributed by atoms with Crippen LogP contribution in [0.4, 0.5) is 5.69 Å². The summed E-state index contributed by atoms with van der Waals surface area (Å²) in [5.41, 5.74) is 0.374. The Kier molecular flexibility index (Phi) is 4.86. The second-order valence-corrected chi connectivity index (χ2v) is 9.53. The highest BCUT2D eigenvalue weighted by Gasteiger charge is 2.19. The van der Waals surface area contributed by atoms with Crippen molar-refractivity contribution in [2.45, 2.75) is 29.2 Å². The van der Waals surface area contributed by atoms with Crippen molar-refractivity contribution in [3.63, 3.8) is 0 Å². The average molecular weight is 357 g/mol. The lowest BCUT2D eigenvalue weighted by molar-refractivity contribution is 0.497. The van der Waals surface area contributed by atoms with Gasteiger partial charge in [-0.05, 0) is 37.3 Å². The molecule has 0 aliphatic heterocycles. The predicted molar refractivity (Wildman–Crippen MR) is 88.2 cm³/mol. The summed E-state index contributed by atoms with van der Waals surface area (Å²) < 4.78 is 52.5. The van der Waals surface area contributed by atoms with Crippen molar-refractivity contribution in [3.05, 3.63) is 42.4 Å². The summed E-state index contributed by atoms with van der Waals surface area (Å²) >= 11 is 0. The van der Waals surface area contributed by atoms with Crippen molar-refractivity contribution in [3.8, 4) is 0 Å². The number of hydrogen-bond donors (Lipinski definition) is 1. The van der Waals surface area contributed by atoms with E-state index < -0.39 is 19.7 Å². The minimum Gasteiger partial charge on any atom is -0.469 e. The predicted octanol–water partition coefficient (Wildman–Crippen LogP) is 2.13. The van der Waals surface area contributed by atoms with E-state index >= 15 is 0 Å². The molecule has 0 aliphatic rings. The van der Waals surface area contributed by atoms with Gasteiger partial charge in [-0.15, -0.1) is 0 Å². The number of sulfone groups is 2. The van der Waals surface area contributed by atoms with Crippen LogP contribution in [0.3, 0.4) is 0 Å². The first kappa shape index (κ1) is 17.6. The van der Waals surface area contributed by atoms with E-state index in [0.717, 1.165) is 18.3 Å². The van der Waals surface area contributed by atoms with Gasteiger partial charge in [0, 0.05) is 25.0 Å². The zero-order chi connectivity index (χ0) is 17.3. The third kappa shape index (κ3) is 4.59. The Labute approximate surface area is 136 Å². The largest absolute Gasteiger partial charge is 0.469 e. The van der Waals surface area contributed by atoms with E-state index in [-0.39, 0.29) is 15.8 Å². The molecule has 0 bridgehead atoms. The molecule has 1 N–H and O–H groups in total. The Morgan fingerprint density at radius 3 is 2.30 bits per heavy atom. The fourth-order valence-electron chi connectivity index (χ4n) is 2.21. The molecule has 2 aromatic rings. The fraction of sp³-hybridized carbons (Fsp3) is 0.333. The van der Waals surface area contributed by atoms with Crippen LogP contribution < -0.4 is 5.32 Å². The topological polar surface area (TPSA) is 93.4 Å². The molecule has 6 nitrogen and oxygen atoms in total. The van der Waals surface area contributed by atoms with Crippen molar-refractivity contribution in [2.75, 3.05) is 17.8 Å². The normalized spacial score (nSPS) is 13.7. The van der Waals surface area contributed by atoms with Crippen LogP contribution in [0.1, 0.15) is 12.7 Å². The second-order valence-electron chi connectivity index (χ2n) is 5.53. The molecule has 0 saturated heterocycles. The van der Waals surface area contributed by atoms with Gasteiger partial charge in [-0.3, -0.25) is 0 Å². The van der Waals surface area contributed by atoms with Crippen molar-refractivity contribution >= 4 is 25.4 Å². The number of hydrogen-bond acceptors (Lipinski definition) is 6. The van der Waals surface area contributed by atoms with Gasteiger partial charge in [-0.1, -0.05) is 0 Å². The van der Waals surface area contributed by atoms with Crippen molar-refractivity contribution < 1.29 is 21.3 Å². The molecule has 0 spiro atoms. The van der Waals surface area contributed by atoms with E-state index in [0.29, 0.717) is 12.1 Å². The van der Waals surface area contributed by atoms with Gasteiger partial charge >= 0.3 is 0 Å². The minimum absolute atomic E-state index is 0.0258. The summed E-state index contributed by atoms with van der Waals surface area (Å²) in [4.78, 5) is -0.0612. The molecule has 0 radical (unpaired) electrons. The Hall–Kier alpha value is -1.80. The highest BCUT2D eigenvalue weighted by Crippen LogP contribution is 2.26. The molecule has 0 amide bonds. The lowest BCUT2D eigenvalue weighted by Gasteiger charge is -2.17. The third-order valence-electron chi connectivity index (χ3n) is 3.27. The van der Waals surface area contributed by atoms with Gasteiger partial charge in [0.15, 0.2) is 19.7 Å². The molecule has 1 unspecified atom stereocenters. The van der Waals surface area contributed by atoms with E-state index in [2.05, 4.69) is 5.32 Å². The van der Waals surface area contributed by atoms with Gasteiger partial charge < -0.3 is 9.73 Å². The Morgan fingerprint density at radius 1 is 1.09 bits per heavy atom. The SMILES string of the molecule is CC(Cc1ccco1)Nc1ccc(S(C)(=O)=O)cc1S(C)(=O)=O. The summed E-state index contributed by atoms with van der Waals surface area (Å²) in [5.74, 6) is 0.777. The molecule has 23 heavy (non-hydrogen) atoms. The van der Waals surface area contributed by atoms with Crippen LogP contribution >= 0.6 is 0 Å². The summed E-state index contributed by atoms with van der Waals surface area (Å²) in [7, 11) is -7.05. The molecule has 126 valence electrons. The molecular formula is C15H19NO5S2. The number of furan rings is 1. The van der Waals surface area contributed by atoms with Gasteiger partial charge in [-0.25, -0.2) is 16.8 Å². The van der Waals surface area contributed by atoms with E-state index in [9.17, 15) is 16.8 Å². The molecule has 0 aliphatic carbocycles. The summed E-state index contributed by atoms with van der Waals surface area (Å²) in [5, 5.41) is 3.10. The summed E-state index contributed by atoms with van der Waals surface area (Å²) in [6, 6.07) is 7.59. The van der Waals surface area contributed by atoms with Crippen LogP contribution in [0.15, 0.2) is 50.8 Å². The van der Waals surface area contributed by atoms with Crippen LogP contribution in [0.5, 0.6) is 0 Å². The summed E-state index contributed by atoms with van der Waals surface area (Å²) in [6.45, 7) is 1.89. The molecule has 0 saturated carbocycles. The Balaban J connectivity index is 2.34. The van der Waals surface area contributed by atoms with Crippen LogP contribution in [0, 0.1) is 0 Å². The Morgan fingerprint density at radius 2 is 1.78 bits per heavy atom. The number of anilines is 1. The molecule has 8 heteroatoms. The van der Waals surface area contributed by atoms with E-state index in [4.69, 9.17) is 4.42 Å². The lowest BCUT2D eigenvalue weighted by Crippen LogP contribution is -2.19. The van der Waals surface area contributed by atoms with Crippen molar-refractivity contribution in [1.82, 2.24) is 0 Å². The average Bonchev–Trinajstić information content (AvgIpc) is 2.89. The maximum Gasteiger partial charge on any atom is 0.177 e. The molecule has 1 aromatic carbocycles. The minimum atomic E-state index is -3.57. The quantitative estimate of drug-likeness (QED) is 0.851. The highest BCUT2D eigenvalue weighted by atomic mass is 32.2. The van der Waals surface area contributed by atoms with Crippen LogP contribution in [0.25, 0.3) is 0 Å². The number of benzene rings is 1. The number of rotatable bonds is 6. The van der Waals surface area contributed by atoms with E-state index in [1.807, 2.05) is 13.0 Å². The van der Waals surface area contributed by atoms with Crippen LogP contribution in [-0.4, -0.2) is 35.4 Å². The van der Waals surface area contributed by atoms with Crippen molar-refractivity contribution in [2.24, 2.45) is 0 Å². The molecular weight excluding hydrogens is 338 g/mol. The molecule has 1 aromatic heterocycles.